The van der Waals surface area contributed by atoms with Crippen molar-refractivity contribution in [2.45, 2.75) is 24.9 Å². The molecule has 8 heteroatoms. The molecule has 0 radical (unpaired) electrons. The zero-order chi connectivity index (χ0) is 17.1. The molecule has 2 N–H and O–H groups in total. The van der Waals surface area contributed by atoms with Crippen LogP contribution in [0.2, 0.25) is 0 Å². The maximum Gasteiger partial charge on any atom is 0.338 e. The van der Waals surface area contributed by atoms with Crippen molar-refractivity contribution in [1.82, 2.24) is 9.55 Å². The van der Waals surface area contributed by atoms with Crippen molar-refractivity contribution >= 4 is 5.97 Å². The van der Waals surface area contributed by atoms with Gasteiger partial charge < -0.3 is 14.6 Å². The summed E-state index contributed by atoms with van der Waals surface area (Å²) in [6, 6.07) is 9.66. The summed E-state index contributed by atoms with van der Waals surface area (Å²) in [5, 5.41) is 10.0. The predicted molar refractivity (Wildman–Crippen MR) is 82.6 cm³/mol. The highest BCUT2D eigenvalue weighted by atomic mass is 16.6. The highest BCUT2D eigenvalue weighted by Gasteiger charge is 2.36. The van der Waals surface area contributed by atoms with Gasteiger partial charge >= 0.3 is 11.7 Å². The number of esters is 1. The standard InChI is InChI=1S/C16H16N2O6/c19-11-8-14(18-7-6-13(20)17-16(18)22)24-12(11)9-23-15(21)10-4-2-1-3-5-10/h1-7,11-12,14,19H,8-9H2,(H,17,20,22)/t11?,12-,14-/m0/s1. The topological polar surface area (TPSA) is 111 Å². The number of H-pyrrole nitrogens is 1. The highest BCUT2D eigenvalue weighted by Crippen LogP contribution is 2.27. The Kier molecular flexibility index (Phi) is 4.59. The summed E-state index contributed by atoms with van der Waals surface area (Å²) >= 11 is 0. The summed E-state index contributed by atoms with van der Waals surface area (Å²) in [5.74, 6) is -0.518. The molecule has 1 aliphatic rings. The van der Waals surface area contributed by atoms with E-state index in [-0.39, 0.29) is 13.0 Å². The normalized spacial score (nSPS) is 23.1. The third kappa shape index (κ3) is 3.44. The summed E-state index contributed by atoms with van der Waals surface area (Å²) in [6.45, 7) is -0.135. The van der Waals surface area contributed by atoms with Crippen LogP contribution in [0.1, 0.15) is 23.0 Å². The predicted octanol–water partition coefficient (Wildman–Crippen LogP) is 0.0420. The maximum atomic E-state index is 11.9. The van der Waals surface area contributed by atoms with Crippen molar-refractivity contribution in [3.63, 3.8) is 0 Å². The number of aliphatic hydroxyl groups is 1. The molecule has 0 saturated carbocycles. The molecule has 0 bridgehead atoms. The Labute approximate surface area is 136 Å². The average Bonchev–Trinajstić information content (AvgIpc) is 2.94. The zero-order valence-electron chi connectivity index (χ0n) is 12.6. The van der Waals surface area contributed by atoms with Crippen LogP contribution in [0.25, 0.3) is 0 Å². The molecule has 3 atom stereocenters. The molecule has 0 spiro atoms. The van der Waals surface area contributed by atoms with E-state index in [0.717, 1.165) is 0 Å². The van der Waals surface area contributed by atoms with Gasteiger partial charge in [0.25, 0.3) is 5.56 Å². The number of hydrogen-bond donors (Lipinski definition) is 2. The molecule has 8 nitrogen and oxygen atoms in total. The van der Waals surface area contributed by atoms with E-state index < -0.39 is 35.7 Å². The number of ether oxygens (including phenoxy) is 2. The second-order valence-corrected chi connectivity index (χ2v) is 5.41. The first-order valence-corrected chi connectivity index (χ1v) is 7.42. The number of aliphatic hydroxyl groups excluding tert-OH is 1. The molecular weight excluding hydrogens is 316 g/mol. The third-order valence-electron chi connectivity index (χ3n) is 3.75. The number of benzene rings is 1. The van der Waals surface area contributed by atoms with Gasteiger partial charge in [-0.3, -0.25) is 14.3 Å². The number of aromatic nitrogens is 2. The van der Waals surface area contributed by atoms with E-state index in [2.05, 4.69) is 4.98 Å². The zero-order valence-corrected chi connectivity index (χ0v) is 12.6. The number of hydrogen-bond acceptors (Lipinski definition) is 6. The maximum absolute atomic E-state index is 11.9. The van der Waals surface area contributed by atoms with Crippen molar-refractivity contribution < 1.29 is 19.4 Å². The minimum Gasteiger partial charge on any atom is -0.459 e. The Balaban J connectivity index is 1.63. The van der Waals surface area contributed by atoms with Gasteiger partial charge in [0, 0.05) is 18.7 Å². The fourth-order valence-electron chi connectivity index (χ4n) is 2.51. The lowest BCUT2D eigenvalue weighted by molar-refractivity contribution is -0.0532. The van der Waals surface area contributed by atoms with Gasteiger partial charge in [0.1, 0.15) is 18.9 Å². The smallest absolute Gasteiger partial charge is 0.338 e. The molecule has 1 unspecified atom stereocenters. The molecular formula is C16H16N2O6. The molecule has 24 heavy (non-hydrogen) atoms. The first-order valence-electron chi connectivity index (χ1n) is 7.42. The van der Waals surface area contributed by atoms with E-state index in [0.29, 0.717) is 5.56 Å². The van der Waals surface area contributed by atoms with Crippen LogP contribution >= 0.6 is 0 Å². The van der Waals surface area contributed by atoms with Crippen molar-refractivity contribution in [1.29, 1.82) is 0 Å². The lowest BCUT2D eigenvalue weighted by atomic mass is 10.2. The van der Waals surface area contributed by atoms with Gasteiger partial charge in [-0.05, 0) is 12.1 Å². The fourth-order valence-corrected chi connectivity index (χ4v) is 2.51. The van der Waals surface area contributed by atoms with Crippen LogP contribution in [0, 0.1) is 0 Å². The number of aromatic amines is 1. The molecule has 126 valence electrons. The molecule has 1 aromatic heterocycles. The highest BCUT2D eigenvalue weighted by molar-refractivity contribution is 5.89. The van der Waals surface area contributed by atoms with E-state index >= 15 is 0 Å². The van der Waals surface area contributed by atoms with Gasteiger partial charge in [-0.1, -0.05) is 18.2 Å². The monoisotopic (exact) mass is 332 g/mol. The molecule has 1 aromatic carbocycles. The van der Waals surface area contributed by atoms with Crippen LogP contribution in [0.3, 0.4) is 0 Å². The van der Waals surface area contributed by atoms with Crippen LogP contribution in [0.5, 0.6) is 0 Å². The quantitative estimate of drug-likeness (QED) is 0.765. The minimum absolute atomic E-state index is 0.135. The number of nitrogens with zero attached hydrogens (tertiary/aromatic N) is 1. The van der Waals surface area contributed by atoms with E-state index in [9.17, 15) is 19.5 Å². The SMILES string of the molecule is O=C(OC[C@@H]1O[C@H](n2ccc(=O)[nH]c2=O)CC1O)c1ccccc1. The molecule has 2 heterocycles. The van der Waals surface area contributed by atoms with Crippen molar-refractivity contribution in [3.05, 3.63) is 69.0 Å². The van der Waals surface area contributed by atoms with Crippen LogP contribution < -0.4 is 11.2 Å². The third-order valence-corrected chi connectivity index (χ3v) is 3.75. The first kappa shape index (κ1) is 16.2. The second-order valence-electron chi connectivity index (χ2n) is 5.41. The molecule has 1 saturated heterocycles. The lowest BCUT2D eigenvalue weighted by Crippen LogP contribution is -2.32. The van der Waals surface area contributed by atoms with Crippen LogP contribution in [-0.2, 0) is 9.47 Å². The van der Waals surface area contributed by atoms with E-state index in [4.69, 9.17) is 9.47 Å². The summed E-state index contributed by atoms with van der Waals surface area (Å²) in [6.07, 6.45) is -0.917. The largest absolute Gasteiger partial charge is 0.459 e. The summed E-state index contributed by atoms with van der Waals surface area (Å²) < 4.78 is 11.9. The van der Waals surface area contributed by atoms with Gasteiger partial charge in [-0.2, -0.15) is 0 Å². The van der Waals surface area contributed by atoms with Crippen molar-refractivity contribution in [2.75, 3.05) is 6.61 Å². The second kappa shape index (κ2) is 6.81. The van der Waals surface area contributed by atoms with Gasteiger partial charge in [0.05, 0.1) is 11.7 Å². The number of carbonyl (C=O) groups excluding carboxylic acids is 1. The summed E-state index contributed by atoms with van der Waals surface area (Å²) in [5.41, 5.74) is -0.733. The van der Waals surface area contributed by atoms with Crippen LogP contribution in [0.15, 0.2) is 52.2 Å². The summed E-state index contributed by atoms with van der Waals surface area (Å²) in [4.78, 5) is 36.9. The Morgan fingerprint density at radius 1 is 1.29 bits per heavy atom. The van der Waals surface area contributed by atoms with E-state index in [1.54, 1.807) is 30.3 Å². The Bertz CT molecular complexity index is 828. The molecule has 1 fully saturated rings. The average molecular weight is 332 g/mol. The number of nitrogens with one attached hydrogen (secondary N) is 1. The molecule has 0 amide bonds. The van der Waals surface area contributed by atoms with Gasteiger partial charge in [0.2, 0.25) is 0 Å². The fraction of sp³-hybridized carbons (Fsp3) is 0.312. The van der Waals surface area contributed by atoms with Gasteiger partial charge in [0.15, 0.2) is 0 Å². The Morgan fingerprint density at radius 3 is 2.75 bits per heavy atom. The van der Waals surface area contributed by atoms with Crippen molar-refractivity contribution in [3.8, 4) is 0 Å². The Morgan fingerprint density at radius 2 is 2.04 bits per heavy atom. The van der Waals surface area contributed by atoms with Crippen LogP contribution in [-0.4, -0.2) is 39.4 Å². The number of carbonyl (C=O) groups is 1. The van der Waals surface area contributed by atoms with E-state index in [1.807, 2.05) is 0 Å². The van der Waals surface area contributed by atoms with Gasteiger partial charge in [-0.25, -0.2) is 9.59 Å². The van der Waals surface area contributed by atoms with E-state index in [1.165, 1.54) is 16.8 Å². The molecule has 1 aliphatic heterocycles. The molecule has 3 rings (SSSR count). The van der Waals surface area contributed by atoms with Gasteiger partial charge in [-0.15, -0.1) is 0 Å². The van der Waals surface area contributed by atoms with Crippen LogP contribution in [0.4, 0.5) is 0 Å². The minimum atomic E-state index is -0.891. The number of rotatable bonds is 4. The van der Waals surface area contributed by atoms with Crippen molar-refractivity contribution in [2.24, 2.45) is 0 Å². The Hall–Kier alpha value is -2.71. The first-order chi connectivity index (χ1) is 11.5. The molecule has 0 aliphatic carbocycles. The lowest BCUT2D eigenvalue weighted by Gasteiger charge is -2.16. The summed E-state index contributed by atoms with van der Waals surface area (Å²) in [7, 11) is 0. The molecule has 2 aromatic rings.